The number of fused-ring (bicyclic) bond motifs is 3. The Bertz CT molecular complexity index is 568. The summed E-state index contributed by atoms with van der Waals surface area (Å²) in [5.74, 6) is 0. The summed E-state index contributed by atoms with van der Waals surface area (Å²) in [7, 11) is 0. The quantitative estimate of drug-likeness (QED) is 0.517. The van der Waals surface area contributed by atoms with Crippen molar-refractivity contribution in [3.8, 4) is 0 Å². The number of benzene rings is 2. The second-order valence-corrected chi connectivity index (χ2v) is 3.03. The molecule has 0 amide bonds. The van der Waals surface area contributed by atoms with Crippen molar-refractivity contribution in [1.29, 1.82) is 0 Å². The molecular formula is C11H7NO. The van der Waals surface area contributed by atoms with Gasteiger partial charge in [-0.25, -0.2) is 0 Å². The van der Waals surface area contributed by atoms with Crippen molar-refractivity contribution >= 4 is 21.7 Å². The van der Waals surface area contributed by atoms with E-state index in [2.05, 4.69) is 17.3 Å². The second kappa shape index (κ2) is 2.33. The predicted molar refractivity (Wildman–Crippen MR) is 51.5 cm³/mol. The van der Waals surface area contributed by atoms with Crippen LogP contribution < -0.4 is 0 Å². The third kappa shape index (κ3) is 0.855. The van der Waals surface area contributed by atoms with Gasteiger partial charge in [-0.2, -0.15) is 0 Å². The van der Waals surface area contributed by atoms with Gasteiger partial charge < -0.3 is 4.52 Å². The fraction of sp³-hybridized carbons (Fsp3) is 0. The van der Waals surface area contributed by atoms with Gasteiger partial charge in [-0.05, 0) is 11.5 Å². The molecule has 62 valence electrons. The minimum absolute atomic E-state index is 0.873. The molecule has 0 unspecified atom stereocenters. The highest BCUT2D eigenvalue weighted by atomic mass is 16.5. The van der Waals surface area contributed by atoms with Crippen molar-refractivity contribution in [2.75, 3.05) is 0 Å². The molecule has 1 aromatic heterocycles. The van der Waals surface area contributed by atoms with Gasteiger partial charge >= 0.3 is 0 Å². The molecule has 0 saturated heterocycles. The fourth-order valence-corrected chi connectivity index (χ4v) is 1.60. The Kier molecular flexibility index (Phi) is 1.19. The average molecular weight is 169 g/mol. The number of nitrogens with zero attached hydrogens (tertiary/aromatic N) is 1. The van der Waals surface area contributed by atoms with Gasteiger partial charge in [-0.15, -0.1) is 0 Å². The Labute approximate surface area is 74.8 Å². The Morgan fingerprint density at radius 3 is 2.77 bits per heavy atom. The van der Waals surface area contributed by atoms with E-state index >= 15 is 0 Å². The van der Waals surface area contributed by atoms with E-state index in [-0.39, 0.29) is 0 Å². The molecule has 13 heavy (non-hydrogen) atoms. The molecule has 0 spiro atoms. The van der Waals surface area contributed by atoms with Crippen molar-refractivity contribution in [2.45, 2.75) is 0 Å². The highest BCUT2D eigenvalue weighted by Crippen LogP contribution is 2.24. The van der Waals surface area contributed by atoms with E-state index in [0.29, 0.717) is 0 Å². The fourth-order valence-electron chi connectivity index (χ4n) is 1.60. The molecule has 2 aromatic carbocycles. The first kappa shape index (κ1) is 6.66. The van der Waals surface area contributed by atoms with Gasteiger partial charge in [0.1, 0.15) is 0 Å². The zero-order chi connectivity index (χ0) is 8.67. The molecule has 2 heteroatoms. The van der Waals surface area contributed by atoms with E-state index in [1.165, 1.54) is 5.39 Å². The molecule has 2 nitrogen and oxygen atoms in total. The van der Waals surface area contributed by atoms with Crippen LogP contribution in [0.3, 0.4) is 0 Å². The van der Waals surface area contributed by atoms with Crippen LogP contribution in [0.5, 0.6) is 0 Å². The summed E-state index contributed by atoms with van der Waals surface area (Å²) < 4.78 is 5.18. The molecular weight excluding hydrogens is 162 g/mol. The van der Waals surface area contributed by atoms with Crippen LogP contribution in [-0.4, -0.2) is 5.16 Å². The summed E-state index contributed by atoms with van der Waals surface area (Å²) >= 11 is 0. The van der Waals surface area contributed by atoms with Crippen LogP contribution in [-0.2, 0) is 0 Å². The minimum Gasteiger partial charge on any atom is -0.356 e. The Morgan fingerprint density at radius 2 is 1.77 bits per heavy atom. The molecule has 0 radical (unpaired) electrons. The molecule has 1 heterocycles. The third-order valence-corrected chi connectivity index (χ3v) is 2.25. The van der Waals surface area contributed by atoms with Crippen LogP contribution in [0.1, 0.15) is 0 Å². The summed E-state index contributed by atoms with van der Waals surface area (Å²) in [6.07, 6.45) is 1.74. The smallest absolute Gasteiger partial charge is 0.174 e. The molecule has 0 fully saturated rings. The molecule has 0 aliphatic heterocycles. The number of aromatic nitrogens is 1. The lowest BCUT2D eigenvalue weighted by molar-refractivity contribution is 0.458. The molecule has 0 aliphatic carbocycles. The van der Waals surface area contributed by atoms with E-state index in [9.17, 15) is 0 Å². The van der Waals surface area contributed by atoms with Crippen LogP contribution in [0.4, 0.5) is 0 Å². The maximum atomic E-state index is 5.18. The maximum Gasteiger partial charge on any atom is 0.174 e. The molecule has 0 saturated carbocycles. The van der Waals surface area contributed by atoms with Gasteiger partial charge in [0.05, 0.1) is 6.20 Å². The highest BCUT2D eigenvalue weighted by molar-refractivity contribution is 6.03. The largest absolute Gasteiger partial charge is 0.356 e. The lowest BCUT2D eigenvalue weighted by Crippen LogP contribution is -1.71. The van der Waals surface area contributed by atoms with E-state index in [0.717, 1.165) is 16.4 Å². The molecule has 0 bridgehead atoms. The highest BCUT2D eigenvalue weighted by Gasteiger charge is 2.02. The number of hydrogen-bond acceptors (Lipinski definition) is 2. The lowest BCUT2D eigenvalue weighted by atomic mass is 10.1. The van der Waals surface area contributed by atoms with Crippen LogP contribution in [0, 0.1) is 0 Å². The van der Waals surface area contributed by atoms with Gasteiger partial charge in [0.15, 0.2) is 5.58 Å². The van der Waals surface area contributed by atoms with Crippen LogP contribution >= 0.6 is 0 Å². The van der Waals surface area contributed by atoms with Gasteiger partial charge in [0.25, 0.3) is 0 Å². The Balaban J connectivity index is 2.65. The van der Waals surface area contributed by atoms with E-state index in [1.54, 1.807) is 6.20 Å². The SMILES string of the molecule is c1ccc2c(c1)ccc1cnoc12. The first-order valence-electron chi connectivity index (χ1n) is 4.17. The summed E-state index contributed by atoms with van der Waals surface area (Å²) in [6, 6.07) is 12.2. The number of hydrogen-bond donors (Lipinski definition) is 0. The first-order chi connectivity index (χ1) is 6.45. The van der Waals surface area contributed by atoms with Crippen LogP contribution in [0.15, 0.2) is 47.1 Å². The Hall–Kier alpha value is -1.83. The summed E-state index contributed by atoms with van der Waals surface area (Å²) in [5.41, 5.74) is 0.873. The molecule has 0 aliphatic rings. The zero-order valence-corrected chi connectivity index (χ0v) is 6.90. The molecule has 0 atom stereocenters. The Morgan fingerprint density at radius 1 is 0.923 bits per heavy atom. The second-order valence-electron chi connectivity index (χ2n) is 3.03. The lowest BCUT2D eigenvalue weighted by Gasteiger charge is -1.95. The van der Waals surface area contributed by atoms with Gasteiger partial charge in [0, 0.05) is 10.8 Å². The van der Waals surface area contributed by atoms with E-state index < -0.39 is 0 Å². The summed E-state index contributed by atoms with van der Waals surface area (Å²) in [6.45, 7) is 0. The first-order valence-corrected chi connectivity index (χ1v) is 4.17. The minimum atomic E-state index is 0.873. The molecule has 3 aromatic rings. The van der Waals surface area contributed by atoms with Crippen molar-refractivity contribution in [2.24, 2.45) is 0 Å². The molecule has 0 N–H and O–H groups in total. The van der Waals surface area contributed by atoms with Gasteiger partial charge in [0.2, 0.25) is 0 Å². The monoisotopic (exact) mass is 169 g/mol. The van der Waals surface area contributed by atoms with Crippen molar-refractivity contribution in [3.63, 3.8) is 0 Å². The standard InChI is InChI=1S/C11H7NO/c1-2-4-10-8(3-1)5-6-9-7-12-13-11(9)10/h1-7H. The predicted octanol–water partition coefficient (Wildman–Crippen LogP) is 2.98. The van der Waals surface area contributed by atoms with Crippen LogP contribution in [0.2, 0.25) is 0 Å². The topological polar surface area (TPSA) is 26.0 Å². The van der Waals surface area contributed by atoms with Gasteiger partial charge in [-0.3, -0.25) is 0 Å². The third-order valence-electron chi connectivity index (χ3n) is 2.25. The van der Waals surface area contributed by atoms with Crippen molar-refractivity contribution < 1.29 is 4.52 Å². The van der Waals surface area contributed by atoms with Crippen molar-refractivity contribution in [1.82, 2.24) is 5.16 Å². The van der Waals surface area contributed by atoms with E-state index in [4.69, 9.17) is 4.52 Å². The van der Waals surface area contributed by atoms with E-state index in [1.807, 2.05) is 24.3 Å². The van der Waals surface area contributed by atoms with Gasteiger partial charge in [-0.1, -0.05) is 35.5 Å². The van der Waals surface area contributed by atoms with Crippen LogP contribution in [0.25, 0.3) is 21.7 Å². The zero-order valence-electron chi connectivity index (χ0n) is 6.90. The molecule has 3 rings (SSSR count). The maximum absolute atomic E-state index is 5.18. The summed E-state index contributed by atoms with van der Waals surface area (Å²) in [5, 5.41) is 7.14. The summed E-state index contributed by atoms with van der Waals surface area (Å²) in [4.78, 5) is 0. The average Bonchev–Trinajstić information content (AvgIpc) is 2.65. The number of rotatable bonds is 0. The van der Waals surface area contributed by atoms with Crippen molar-refractivity contribution in [3.05, 3.63) is 42.6 Å². The normalized spacial score (nSPS) is 11.1.